The summed E-state index contributed by atoms with van der Waals surface area (Å²) < 4.78 is 30.8. The van der Waals surface area contributed by atoms with Crippen LogP contribution in [0, 0.1) is 0 Å². The van der Waals surface area contributed by atoms with Crippen molar-refractivity contribution in [3.8, 4) is 0 Å². The van der Waals surface area contributed by atoms with Crippen LogP contribution in [0.15, 0.2) is 41.8 Å². The molecule has 0 aliphatic carbocycles. The molecule has 1 unspecified atom stereocenters. The first-order valence-corrected chi connectivity index (χ1v) is 8.03. The van der Waals surface area contributed by atoms with E-state index in [0.717, 1.165) is 0 Å². The molecule has 0 aliphatic heterocycles. The first kappa shape index (κ1) is 18.8. The molecule has 23 heavy (non-hydrogen) atoms. The minimum absolute atomic E-state index is 0.0115. The lowest BCUT2D eigenvalue weighted by Crippen LogP contribution is -2.43. The van der Waals surface area contributed by atoms with Crippen molar-refractivity contribution in [3.63, 3.8) is 0 Å². The number of rotatable bonds is 9. The van der Waals surface area contributed by atoms with Gasteiger partial charge in [0.25, 0.3) is 5.91 Å². The number of hydrogen-bond acceptors (Lipinski definition) is 5. The molecule has 1 atom stereocenters. The zero-order chi connectivity index (χ0) is 17.5. The van der Waals surface area contributed by atoms with Crippen LogP contribution in [0.3, 0.4) is 0 Å². The quantitative estimate of drug-likeness (QED) is 0.542. The van der Waals surface area contributed by atoms with Crippen LogP contribution < -0.4 is 10.0 Å². The van der Waals surface area contributed by atoms with Crippen molar-refractivity contribution in [2.24, 2.45) is 0 Å². The average molecular weight is 342 g/mol. The first-order valence-electron chi connectivity index (χ1n) is 6.55. The molecular weight excluding hydrogens is 324 g/mol. The van der Waals surface area contributed by atoms with Gasteiger partial charge in [-0.3, -0.25) is 4.79 Å². The van der Waals surface area contributed by atoms with E-state index in [1.165, 1.54) is 37.5 Å². The van der Waals surface area contributed by atoms with E-state index in [4.69, 9.17) is 9.84 Å². The topological polar surface area (TPSA) is 122 Å². The van der Waals surface area contributed by atoms with E-state index in [0.29, 0.717) is 0 Å². The molecule has 1 amide bonds. The Hall–Kier alpha value is -2.23. The number of nitrogens with one attached hydrogen (secondary N) is 2. The van der Waals surface area contributed by atoms with Crippen LogP contribution >= 0.6 is 0 Å². The fourth-order valence-electron chi connectivity index (χ4n) is 1.62. The number of sulfonamides is 1. The number of carbonyl (C=O) groups excluding carboxylic acids is 1. The Morgan fingerprint density at radius 2 is 1.96 bits per heavy atom. The zero-order valence-corrected chi connectivity index (χ0v) is 13.3. The molecule has 0 bridgehead atoms. The highest BCUT2D eigenvalue weighted by molar-refractivity contribution is 7.89. The summed E-state index contributed by atoms with van der Waals surface area (Å²) in [6.07, 6.45) is 1.40. The molecule has 0 spiro atoms. The fourth-order valence-corrected chi connectivity index (χ4v) is 2.62. The van der Waals surface area contributed by atoms with Gasteiger partial charge in [0.2, 0.25) is 10.0 Å². The summed E-state index contributed by atoms with van der Waals surface area (Å²) in [5.41, 5.74) is 0.134. The van der Waals surface area contributed by atoms with Crippen LogP contribution in [-0.2, 0) is 19.6 Å². The van der Waals surface area contributed by atoms with Crippen molar-refractivity contribution in [2.45, 2.75) is 10.9 Å². The lowest BCUT2D eigenvalue weighted by Gasteiger charge is -2.13. The van der Waals surface area contributed by atoms with Gasteiger partial charge in [0, 0.05) is 19.2 Å². The molecule has 1 aromatic rings. The SMILES string of the molecule is C=CCNS(=O)(=O)c1ccc(C(=O)NC(COC)C(=O)O)cc1. The predicted molar refractivity (Wildman–Crippen MR) is 82.6 cm³/mol. The lowest BCUT2D eigenvalue weighted by atomic mass is 10.2. The predicted octanol–water partition coefficient (Wildman–Crippen LogP) is -0.0197. The van der Waals surface area contributed by atoms with E-state index >= 15 is 0 Å². The van der Waals surface area contributed by atoms with Crippen LogP contribution in [0.1, 0.15) is 10.4 Å². The summed E-state index contributed by atoms with van der Waals surface area (Å²) in [5, 5.41) is 11.2. The third kappa shape index (κ3) is 5.47. The Morgan fingerprint density at radius 1 is 1.35 bits per heavy atom. The number of carboxylic acids is 1. The lowest BCUT2D eigenvalue weighted by molar-refractivity contribution is -0.140. The van der Waals surface area contributed by atoms with Crippen LogP contribution in [0.4, 0.5) is 0 Å². The minimum atomic E-state index is -3.68. The molecule has 3 N–H and O–H groups in total. The van der Waals surface area contributed by atoms with Gasteiger partial charge in [-0.2, -0.15) is 0 Å². The number of ether oxygens (including phenoxy) is 1. The number of aliphatic carboxylic acids is 1. The largest absolute Gasteiger partial charge is 0.480 e. The normalized spacial score (nSPS) is 12.4. The molecule has 0 radical (unpaired) electrons. The standard InChI is InChI=1S/C14H18N2O6S/c1-3-8-15-23(20,21)11-6-4-10(5-7-11)13(17)16-12(9-22-2)14(18)19/h3-7,12,15H,1,8-9H2,2H3,(H,16,17)(H,18,19). The van der Waals surface area contributed by atoms with Crippen LogP contribution in [-0.4, -0.2) is 51.7 Å². The van der Waals surface area contributed by atoms with E-state index in [-0.39, 0.29) is 23.6 Å². The van der Waals surface area contributed by atoms with E-state index in [1.54, 1.807) is 0 Å². The summed E-state index contributed by atoms with van der Waals surface area (Å²) in [6.45, 7) is 3.32. The van der Waals surface area contributed by atoms with Crippen molar-refractivity contribution in [1.82, 2.24) is 10.0 Å². The Kier molecular flexibility index (Phi) is 6.89. The highest BCUT2D eigenvalue weighted by atomic mass is 32.2. The van der Waals surface area contributed by atoms with Crippen molar-refractivity contribution >= 4 is 21.9 Å². The third-order valence-corrected chi connectivity index (χ3v) is 4.22. The van der Waals surface area contributed by atoms with Gasteiger partial charge in [0.1, 0.15) is 0 Å². The van der Waals surface area contributed by atoms with E-state index in [9.17, 15) is 18.0 Å². The second kappa shape index (κ2) is 8.42. The molecule has 126 valence electrons. The molecular formula is C14H18N2O6S. The summed E-state index contributed by atoms with van der Waals surface area (Å²) in [7, 11) is -2.36. The highest BCUT2D eigenvalue weighted by Crippen LogP contribution is 2.10. The third-order valence-electron chi connectivity index (χ3n) is 2.78. The van der Waals surface area contributed by atoms with Gasteiger partial charge in [0.05, 0.1) is 11.5 Å². The number of carboxylic acid groups (broad SMARTS) is 1. The van der Waals surface area contributed by atoms with Crippen molar-refractivity contribution < 1.29 is 27.9 Å². The number of amides is 1. The number of benzene rings is 1. The molecule has 9 heteroatoms. The molecule has 1 aromatic carbocycles. The number of carbonyl (C=O) groups is 2. The Morgan fingerprint density at radius 3 is 2.43 bits per heavy atom. The Bertz CT molecular complexity index is 669. The molecule has 0 saturated carbocycles. The molecule has 0 aliphatic rings. The Labute approximate surface area is 134 Å². The maximum absolute atomic E-state index is 12.0. The van der Waals surface area contributed by atoms with E-state index < -0.39 is 27.9 Å². The molecule has 0 heterocycles. The number of methoxy groups -OCH3 is 1. The van der Waals surface area contributed by atoms with Gasteiger partial charge in [-0.1, -0.05) is 6.08 Å². The molecule has 0 aromatic heterocycles. The van der Waals surface area contributed by atoms with E-state index in [1.807, 2.05) is 0 Å². The second-order valence-electron chi connectivity index (χ2n) is 4.48. The van der Waals surface area contributed by atoms with Gasteiger partial charge in [-0.05, 0) is 24.3 Å². The van der Waals surface area contributed by atoms with Gasteiger partial charge >= 0.3 is 5.97 Å². The molecule has 1 rings (SSSR count). The fraction of sp³-hybridized carbons (Fsp3) is 0.286. The number of hydrogen-bond donors (Lipinski definition) is 3. The maximum Gasteiger partial charge on any atom is 0.328 e. The summed E-state index contributed by atoms with van der Waals surface area (Å²) in [5.74, 6) is -1.87. The molecule has 0 saturated heterocycles. The van der Waals surface area contributed by atoms with E-state index in [2.05, 4.69) is 16.6 Å². The highest BCUT2D eigenvalue weighted by Gasteiger charge is 2.21. The van der Waals surface area contributed by atoms with Crippen LogP contribution in [0.2, 0.25) is 0 Å². The van der Waals surface area contributed by atoms with Gasteiger partial charge in [-0.15, -0.1) is 6.58 Å². The second-order valence-corrected chi connectivity index (χ2v) is 6.25. The first-order chi connectivity index (χ1) is 10.8. The van der Waals surface area contributed by atoms with Gasteiger partial charge < -0.3 is 15.2 Å². The zero-order valence-electron chi connectivity index (χ0n) is 12.5. The van der Waals surface area contributed by atoms with Crippen molar-refractivity contribution in [3.05, 3.63) is 42.5 Å². The van der Waals surface area contributed by atoms with Crippen LogP contribution in [0.25, 0.3) is 0 Å². The van der Waals surface area contributed by atoms with Crippen LogP contribution in [0.5, 0.6) is 0 Å². The molecule has 0 fully saturated rings. The minimum Gasteiger partial charge on any atom is -0.480 e. The summed E-state index contributed by atoms with van der Waals surface area (Å²) in [4.78, 5) is 22.9. The van der Waals surface area contributed by atoms with Gasteiger partial charge in [0.15, 0.2) is 6.04 Å². The summed E-state index contributed by atoms with van der Waals surface area (Å²) >= 11 is 0. The monoisotopic (exact) mass is 342 g/mol. The van der Waals surface area contributed by atoms with Gasteiger partial charge in [-0.25, -0.2) is 17.9 Å². The molecule has 8 nitrogen and oxygen atoms in total. The van der Waals surface area contributed by atoms with Crippen molar-refractivity contribution in [2.75, 3.05) is 20.3 Å². The average Bonchev–Trinajstić information content (AvgIpc) is 2.52. The summed E-state index contributed by atoms with van der Waals surface area (Å²) in [6, 6.07) is 3.91. The van der Waals surface area contributed by atoms with Crippen molar-refractivity contribution in [1.29, 1.82) is 0 Å². The Balaban J connectivity index is 2.85. The maximum atomic E-state index is 12.0. The smallest absolute Gasteiger partial charge is 0.328 e.